The second kappa shape index (κ2) is 6.49. The Bertz CT molecular complexity index is 534. The van der Waals surface area contributed by atoms with E-state index in [0.717, 1.165) is 16.9 Å². The van der Waals surface area contributed by atoms with Crippen LogP contribution in [0.3, 0.4) is 0 Å². The van der Waals surface area contributed by atoms with Crippen LogP contribution in [0.2, 0.25) is 0 Å². The average molecular weight is 310 g/mol. The molecular weight excluding hydrogens is 288 g/mol. The van der Waals surface area contributed by atoms with E-state index in [9.17, 15) is 5.11 Å². The maximum Gasteiger partial charge on any atom is 0.169 e. The zero-order valence-electron chi connectivity index (χ0n) is 12.8. The summed E-state index contributed by atoms with van der Waals surface area (Å²) >= 11 is 5.40. The van der Waals surface area contributed by atoms with E-state index in [2.05, 4.69) is 5.32 Å². The van der Waals surface area contributed by atoms with E-state index in [4.69, 9.17) is 21.7 Å². The van der Waals surface area contributed by atoms with E-state index in [1.54, 1.807) is 14.2 Å². The van der Waals surface area contributed by atoms with Gasteiger partial charge in [-0.3, -0.25) is 0 Å². The van der Waals surface area contributed by atoms with Gasteiger partial charge in [-0.25, -0.2) is 0 Å². The van der Waals surface area contributed by atoms with Crippen LogP contribution in [0.1, 0.15) is 31.1 Å². The normalized spacial score (nSPS) is 17.4. The number of thiocarbonyl (C=S) groups is 1. The van der Waals surface area contributed by atoms with Crippen LogP contribution < -0.4 is 14.8 Å². The summed E-state index contributed by atoms with van der Waals surface area (Å²) in [5.41, 5.74) is 1.71. The van der Waals surface area contributed by atoms with E-state index in [0.29, 0.717) is 24.0 Å². The third-order valence-electron chi connectivity index (χ3n) is 3.49. The first-order valence-corrected chi connectivity index (χ1v) is 7.36. The summed E-state index contributed by atoms with van der Waals surface area (Å²) < 4.78 is 10.8. The van der Waals surface area contributed by atoms with Gasteiger partial charge in [0.1, 0.15) is 17.6 Å². The molecule has 1 heterocycles. The van der Waals surface area contributed by atoms with Crippen molar-refractivity contribution in [2.45, 2.75) is 32.5 Å². The van der Waals surface area contributed by atoms with Crippen LogP contribution in [0.4, 0.5) is 0 Å². The molecule has 0 fully saturated rings. The van der Waals surface area contributed by atoms with Gasteiger partial charge in [-0.15, -0.1) is 0 Å². The minimum Gasteiger partial charge on any atom is -0.496 e. The number of nitrogens with zero attached hydrogens (tertiary/aromatic N) is 1. The number of methoxy groups -OCH3 is 2. The molecule has 21 heavy (non-hydrogen) atoms. The van der Waals surface area contributed by atoms with Crippen molar-refractivity contribution in [3.8, 4) is 11.5 Å². The third-order valence-corrected chi connectivity index (χ3v) is 3.86. The Morgan fingerprint density at radius 1 is 1.33 bits per heavy atom. The molecular formula is C15H22N2O3S. The molecule has 2 rings (SSSR count). The van der Waals surface area contributed by atoms with Crippen LogP contribution in [0.5, 0.6) is 11.5 Å². The summed E-state index contributed by atoms with van der Waals surface area (Å²) in [4.78, 5) is 1.95. The minimum absolute atomic E-state index is 0.253. The lowest BCUT2D eigenvalue weighted by molar-refractivity contribution is 0.121. The summed E-state index contributed by atoms with van der Waals surface area (Å²) in [6.45, 7) is 5.09. The summed E-state index contributed by atoms with van der Waals surface area (Å²) in [6, 6.07) is 3.93. The summed E-state index contributed by atoms with van der Waals surface area (Å²) in [5, 5.41) is 14.3. The lowest BCUT2D eigenvalue weighted by Crippen LogP contribution is -2.46. The summed E-state index contributed by atoms with van der Waals surface area (Å²) in [6.07, 6.45) is -0.661. The zero-order chi connectivity index (χ0) is 15.6. The number of aliphatic hydroxyl groups excluding tert-OH is 1. The number of aliphatic hydroxyl groups is 1. The molecule has 0 amide bonds. The molecule has 1 atom stereocenters. The van der Waals surface area contributed by atoms with Gasteiger partial charge in [0.2, 0.25) is 0 Å². The number of hydrogen-bond acceptors (Lipinski definition) is 4. The molecule has 116 valence electrons. The molecule has 1 aliphatic heterocycles. The molecule has 0 bridgehead atoms. The van der Waals surface area contributed by atoms with Crippen molar-refractivity contribution in [3.63, 3.8) is 0 Å². The molecule has 0 aromatic heterocycles. The van der Waals surface area contributed by atoms with Gasteiger partial charge in [-0.1, -0.05) is 0 Å². The fraction of sp³-hybridized carbons (Fsp3) is 0.533. The Hall–Kier alpha value is -1.53. The molecule has 0 unspecified atom stereocenters. The van der Waals surface area contributed by atoms with Crippen LogP contribution in [-0.2, 0) is 6.54 Å². The van der Waals surface area contributed by atoms with Gasteiger partial charge in [0.05, 0.1) is 20.8 Å². The highest BCUT2D eigenvalue weighted by molar-refractivity contribution is 7.80. The molecule has 5 nitrogen and oxygen atoms in total. The maximum atomic E-state index is 10.5. The van der Waals surface area contributed by atoms with Gasteiger partial charge in [-0.05, 0) is 38.2 Å². The number of fused-ring (bicyclic) bond motifs is 1. The molecule has 0 radical (unpaired) electrons. The predicted octanol–water partition coefficient (Wildman–Crippen LogP) is 1.84. The highest BCUT2D eigenvalue weighted by atomic mass is 32.1. The van der Waals surface area contributed by atoms with Gasteiger partial charge >= 0.3 is 0 Å². The summed E-state index contributed by atoms with van der Waals surface area (Å²) in [5.74, 6) is 1.42. The molecule has 0 saturated heterocycles. The SMILES string of the molecule is COc1ccc(OC)c2c1CN(C(=S)NC(C)C)C[C@H]2O. The molecule has 0 spiro atoms. The van der Waals surface area contributed by atoms with Crippen molar-refractivity contribution in [1.82, 2.24) is 10.2 Å². The van der Waals surface area contributed by atoms with Gasteiger partial charge in [0, 0.05) is 23.7 Å². The molecule has 1 aromatic carbocycles. The number of hydrogen-bond donors (Lipinski definition) is 2. The average Bonchev–Trinajstić information content (AvgIpc) is 2.45. The number of β-amino-alcohol motifs (C(OH)–C–C–N with tert-alkyl or cyclic N) is 1. The third kappa shape index (κ3) is 3.22. The fourth-order valence-corrected chi connectivity index (χ4v) is 2.94. The molecule has 1 aromatic rings. The Morgan fingerprint density at radius 3 is 2.52 bits per heavy atom. The van der Waals surface area contributed by atoms with E-state index >= 15 is 0 Å². The lowest BCUT2D eigenvalue weighted by Gasteiger charge is -2.36. The quantitative estimate of drug-likeness (QED) is 0.831. The first kappa shape index (κ1) is 15.9. The van der Waals surface area contributed by atoms with E-state index in [-0.39, 0.29) is 6.04 Å². The standard InChI is InChI=1S/C15H22N2O3S/c1-9(2)16-15(21)17-7-10-12(19-3)5-6-13(20-4)14(10)11(18)8-17/h5-6,9,11,18H,7-8H2,1-4H3,(H,16,21)/t11-/m1/s1. The van der Waals surface area contributed by atoms with E-state index in [1.807, 2.05) is 30.9 Å². The van der Waals surface area contributed by atoms with Gasteiger partial charge in [-0.2, -0.15) is 0 Å². The Balaban J connectivity index is 2.36. The smallest absolute Gasteiger partial charge is 0.169 e. The number of nitrogens with one attached hydrogen (secondary N) is 1. The predicted molar refractivity (Wildman–Crippen MR) is 85.8 cm³/mol. The minimum atomic E-state index is -0.661. The van der Waals surface area contributed by atoms with Crippen LogP contribution in [0.25, 0.3) is 0 Å². The molecule has 1 aliphatic rings. The second-order valence-corrected chi connectivity index (χ2v) is 5.75. The maximum absolute atomic E-state index is 10.5. The summed E-state index contributed by atoms with van der Waals surface area (Å²) in [7, 11) is 3.23. The van der Waals surface area contributed by atoms with Gasteiger partial charge < -0.3 is 24.8 Å². The van der Waals surface area contributed by atoms with Crippen LogP contribution in [0.15, 0.2) is 12.1 Å². The van der Waals surface area contributed by atoms with Crippen molar-refractivity contribution in [1.29, 1.82) is 0 Å². The van der Waals surface area contributed by atoms with Crippen LogP contribution in [0, 0.1) is 0 Å². The molecule has 2 N–H and O–H groups in total. The molecule has 0 saturated carbocycles. The van der Waals surface area contributed by atoms with Crippen LogP contribution >= 0.6 is 12.2 Å². The van der Waals surface area contributed by atoms with Gasteiger partial charge in [0.15, 0.2) is 5.11 Å². The molecule has 0 aliphatic carbocycles. The largest absolute Gasteiger partial charge is 0.496 e. The van der Waals surface area contributed by atoms with Crippen molar-refractivity contribution in [2.75, 3.05) is 20.8 Å². The first-order valence-electron chi connectivity index (χ1n) is 6.95. The van der Waals surface area contributed by atoms with Gasteiger partial charge in [0.25, 0.3) is 0 Å². The Labute approximate surface area is 130 Å². The lowest BCUT2D eigenvalue weighted by atomic mass is 9.95. The first-order chi connectivity index (χ1) is 9.97. The van der Waals surface area contributed by atoms with E-state index < -0.39 is 6.10 Å². The number of rotatable bonds is 3. The van der Waals surface area contributed by atoms with Crippen molar-refractivity contribution in [3.05, 3.63) is 23.3 Å². The van der Waals surface area contributed by atoms with Crippen molar-refractivity contribution < 1.29 is 14.6 Å². The van der Waals surface area contributed by atoms with Crippen molar-refractivity contribution in [2.24, 2.45) is 0 Å². The Kier molecular flexibility index (Phi) is 4.90. The monoisotopic (exact) mass is 310 g/mol. The topological polar surface area (TPSA) is 54.0 Å². The van der Waals surface area contributed by atoms with Crippen LogP contribution in [-0.4, -0.2) is 41.9 Å². The zero-order valence-corrected chi connectivity index (χ0v) is 13.7. The van der Waals surface area contributed by atoms with E-state index in [1.165, 1.54) is 0 Å². The van der Waals surface area contributed by atoms with Crippen molar-refractivity contribution >= 4 is 17.3 Å². The molecule has 6 heteroatoms. The highest BCUT2D eigenvalue weighted by Crippen LogP contribution is 2.39. The number of benzene rings is 1. The second-order valence-electron chi connectivity index (χ2n) is 5.36. The Morgan fingerprint density at radius 2 is 1.95 bits per heavy atom. The highest BCUT2D eigenvalue weighted by Gasteiger charge is 2.30. The fourth-order valence-electron chi connectivity index (χ4n) is 2.57. The number of ether oxygens (including phenoxy) is 2.